The number of benzene rings is 1. The number of ketones is 1. The third-order valence-corrected chi connectivity index (χ3v) is 6.61. The molecule has 3 heterocycles. The molecular weight excluding hydrogens is 408 g/mol. The van der Waals surface area contributed by atoms with Crippen molar-refractivity contribution in [2.75, 3.05) is 5.32 Å². The first-order valence-corrected chi connectivity index (χ1v) is 11.3. The number of carbonyl (C=O) groups excluding carboxylic acids is 2. The molecule has 7 heteroatoms. The van der Waals surface area contributed by atoms with Crippen LogP contribution in [0.2, 0.25) is 0 Å². The van der Waals surface area contributed by atoms with Crippen LogP contribution < -0.4 is 5.32 Å². The van der Waals surface area contributed by atoms with Gasteiger partial charge in [0.25, 0.3) is 0 Å². The van der Waals surface area contributed by atoms with Gasteiger partial charge in [-0.15, -0.1) is 11.3 Å². The van der Waals surface area contributed by atoms with Crippen LogP contribution in [0.1, 0.15) is 46.6 Å². The Morgan fingerprint density at radius 1 is 1.13 bits per heavy atom. The Balaban J connectivity index is 1.52. The molecule has 6 nitrogen and oxygen atoms in total. The molecule has 4 aromatic rings. The van der Waals surface area contributed by atoms with E-state index in [0.29, 0.717) is 16.1 Å². The minimum atomic E-state index is -0.0772. The number of thiophene rings is 1. The monoisotopic (exact) mass is 430 g/mol. The minimum absolute atomic E-state index is 0.0772. The molecule has 1 aliphatic carbocycles. The summed E-state index contributed by atoms with van der Waals surface area (Å²) >= 11 is 1.41. The molecule has 31 heavy (non-hydrogen) atoms. The van der Waals surface area contributed by atoms with Crippen molar-refractivity contribution in [1.82, 2.24) is 14.6 Å². The van der Waals surface area contributed by atoms with Crippen LogP contribution in [-0.2, 0) is 4.79 Å². The molecule has 0 radical (unpaired) electrons. The van der Waals surface area contributed by atoms with E-state index in [1.54, 1.807) is 10.7 Å². The van der Waals surface area contributed by atoms with Crippen LogP contribution in [0.5, 0.6) is 0 Å². The van der Waals surface area contributed by atoms with Crippen molar-refractivity contribution in [2.24, 2.45) is 5.92 Å². The number of anilines is 1. The van der Waals surface area contributed by atoms with E-state index in [4.69, 9.17) is 0 Å². The van der Waals surface area contributed by atoms with E-state index in [1.165, 1.54) is 11.3 Å². The van der Waals surface area contributed by atoms with Gasteiger partial charge in [-0.25, -0.2) is 9.50 Å². The predicted molar refractivity (Wildman–Crippen MR) is 121 cm³/mol. The number of hydrogen-bond donors (Lipinski definition) is 1. The largest absolute Gasteiger partial charge is 0.326 e. The van der Waals surface area contributed by atoms with Crippen LogP contribution in [-0.4, -0.2) is 26.3 Å². The zero-order valence-corrected chi connectivity index (χ0v) is 18.0. The summed E-state index contributed by atoms with van der Waals surface area (Å²) in [6.07, 6.45) is 5.75. The van der Waals surface area contributed by atoms with E-state index < -0.39 is 0 Å². The first-order chi connectivity index (χ1) is 15.1. The van der Waals surface area contributed by atoms with E-state index in [1.807, 2.05) is 54.8 Å². The number of amides is 1. The van der Waals surface area contributed by atoms with Gasteiger partial charge in [0.1, 0.15) is 0 Å². The number of nitrogens with zero attached hydrogens (tertiary/aromatic N) is 3. The lowest BCUT2D eigenvalue weighted by molar-refractivity contribution is -0.119. The molecule has 0 aliphatic heterocycles. The third kappa shape index (κ3) is 3.77. The Kier molecular flexibility index (Phi) is 5.11. The second kappa shape index (κ2) is 8.07. The zero-order valence-electron chi connectivity index (χ0n) is 17.2. The maximum Gasteiger partial charge on any atom is 0.227 e. The number of aryl methyl sites for hydroxylation is 1. The predicted octanol–water partition coefficient (Wildman–Crippen LogP) is 5.13. The summed E-state index contributed by atoms with van der Waals surface area (Å²) in [5, 5.41) is 9.42. The normalized spacial score (nSPS) is 14.2. The quantitative estimate of drug-likeness (QED) is 0.446. The fraction of sp³-hybridized carbons (Fsp3) is 0.250. The molecule has 3 aromatic heterocycles. The second-order valence-corrected chi connectivity index (χ2v) is 8.88. The topological polar surface area (TPSA) is 76.4 Å². The first kappa shape index (κ1) is 19.6. The Labute approximate surface area is 183 Å². The molecule has 1 amide bonds. The fourth-order valence-electron chi connectivity index (χ4n) is 4.18. The number of carbonyl (C=O) groups is 2. The smallest absolute Gasteiger partial charge is 0.227 e. The lowest BCUT2D eigenvalue weighted by Gasteiger charge is -2.12. The SMILES string of the molecule is Cc1cc(-c2cccc(NC(=O)C3CCCC3)c2)n2ncc(C(=O)c3cccs3)c2n1. The molecule has 1 aliphatic rings. The second-order valence-electron chi connectivity index (χ2n) is 7.93. The standard InChI is InChI=1S/C24H22N4O2S/c1-15-12-20(17-8-4-9-18(13-17)27-24(30)16-6-2-3-7-16)28-23(26-15)19(14-25-28)22(29)21-10-5-11-31-21/h4-5,8-14,16H,2-3,6-7H2,1H3,(H,27,30). The van der Waals surface area contributed by atoms with Crippen molar-refractivity contribution in [2.45, 2.75) is 32.6 Å². The molecule has 1 saturated carbocycles. The van der Waals surface area contributed by atoms with E-state index >= 15 is 0 Å². The van der Waals surface area contributed by atoms with Crippen molar-refractivity contribution in [3.8, 4) is 11.3 Å². The molecule has 1 fully saturated rings. The van der Waals surface area contributed by atoms with Gasteiger partial charge in [0.2, 0.25) is 11.7 Å². The van der Waals surface area contributed by atoms with Crippen LogP contribution in [0.3, 0.4) is 0 Å². The molecular formula is C24H22N4O2S. The highest BCUT2D eigenvalue weighted by Crippen LogP contribution is 2.29. The van der Waals surface area contributed by atoms with E-state index in [9.17, 15) is 9.59 Å². The van der Waals surface area contributed by atoms with E-state index in [2.05, 4.69) is 15.4 Å². The van der Waals surface area contributed by atoms with E-state index in [0.717, 1.165) is 48.3 Å². The third-order valence-electron chi connectivity index (χ3n) is 5.74. The van der Waals surface area contributed by atoms with Gasteiger partial charge >= 0.3 is 0 Å². The number of fused-ring (bicyclic) bond motifs is 1. The lowest BCUT2D eigenvalue weighted by atomic mass is 10.1. The maximum atomic E-state index is 12.9. The molecule has 0 spiro atoms. The van der Waals surface area contributed by atoms with Gasteiger partial charge in [0, 0.05) is 22.9 Å². The Morgan fingerprint density at radius 3 is 2.74 bits per heavy atom. The summed E-state index contributed by atoms with van der Waals surface area (Å²) in [6, 6.07) is 13.4. The highest BCUT2D eigenvalue weighted by atomic mass is 32.1. The highest BCUT2D eigenvalue weighted by Gasteiger charge is 2.23. The average Bonchev–Trinajstić information content (AvgIpc) is 3.54. The van der Waals surface area contributed by atoms with Gasteiger partial charge in [0.15, 0.2) is 5.65 Å². The highest BCUT2D eigenvalue weighted by molar-refractivity contribution is 7.12. The van der Waals surface area contributed by atoms with Gasteiger partial charge in [-0.05, 0) is 49.4 Å². The molecule has 156 valence electrons. The van der Waals surface area contributed by atoms with Gasteiger partial charge in [-0.3, -0.25) is 9.59 Å². The summed E-state index contributed by atoms with van der Waals surface area (Å²) in [7, 11) is 0. The van der Waals surface area contributed by atoms with Crippen molar-refractivity contribution in [3.63, 3.8) is 0 Å². The molecule has 1 aromatic carbocycles. The number of nitrogens with one attached hydrogen (secondary N) is 1. The molecule has 0 bridgehead atoms. The van der Waals surface area contributed by atoms with Crippen molar-refractivity contribution >= 4 is 34.4 Å². The fourth-order valence-corrected chi connectivity index (χ4v) is 4.86. The molecule has 0 atom stereocenters. The minimum Gasteiger partial charge on any atom is -0.326 e. The van der Waals surface area contributed by atoms with Gasteiger partial charge < -0.3 is 5.32 Å². The molecule has 1 N–H and O–H groups in total. The van der Waals surface area contributed by atoms with Crippen molar-refractivity contribution < 1.29 is 9.59 Å². The van der Waals surface area contributed by atoms with E-state index in [-0.39, 0.29) is 17.6 Å². The zero-order chi connectivity index (χ0) is 21.4. The van der Waals surface area contributed by atoms with Crippen molar-refractivity contribution in [3.05, 3.63) is 70.2 Å². The summed E-state index contributed by atoms with van der Waals surface area (Å²) in [6.45, 7) is 1.90. The Hall–Kier alpha value is -3.32. The summed E-state index contributed by atoms with van der Waals surface area (Å²) in [5.41, 5.74) is 4.30. The Morgan fingerprint density at radius 2 is 1.97 bits per heavy atom. The van der Waals surface area contributed by atoms with Crippen LogP contribution >= 0.6 is 11.3 Å². The van der Waals surface area contributed by atoms with Gasteiger partial charge in [0.05, 0.1) is 22.3 Å². The summed E-state index contributed by atoms with van der Waals surface area (Å²) < 4.78 is 1.70. The molecule has 0 saturated heterocycles. The Bertz CT molecular complexity index is 1270. The van der Waals surface area contributed by atoms with Crippen LogP contribution in [0.15, 0.2) is 54.0 Å². The number of aromatic nitrogens is 3. The summed E-state index contributed by atoms with van der Waals surface area (Å²) in [5.74, 6) is 0.121. The number of rotatable bonds is 5. The van der Waals surface area contributed by atoms with Crippen LogP contribution in [0, 0.1) is 12.8 Å². The molecule has 0 unspecified atom stereocenters. The summed E-state index contributed by atoms with van der Waals surface area (Å²) in [4.78, 5) is 30.7. The first-order valence-electron chi connectivity index (χ1n) is 10.4. The lowest BCUT2D eigenvalue weighted by Crippen LogP contribution is -2.20. The average molecular weight is 431 g/mol. The van der Waals surface area contributed by atoms with Crippen molar-refractivity contribution in [1.29, 1.82) is 0 Å². The van der Waals surface area contributed by atoms with Crippen LogP contribution in [0.4, 0.5) is 5.69 Å². The molecule has 5 rings (SSSR count). The van der Waals surface area contributed by atoms with Gasteiger partial charge in [-0.2, -0.15) is 5.10 Å². The number of hydrogen-bond acceptors (Lipinski definition) is 5. The maximum absolute atomic E-state index is 12.9. The van der Waals surface area contributed by atoms with Gasteiger partial charge in [-0.1, -0.05) is 31.0 Å². The van der Waals surface area contributed by atoms with Crippen LogP contribution in [0.25, 0.3) is 16.9 Å².